The van der Waals surface area contributed by atoms with E-state index in [0.717, 1.165) is 19.8 Å². The molecule has 0 saturated carbocycles. The molecule has 2 aromatic rings. The number of rotatable bonds is 0. The third kappa shape index (κ3) is 2.03. The van der Waals surface area contributed by atoms with Crippen LogP contribution in [0.3, 0.4) is 0 Å². The Hall–Kier alpha value is -0.410. The first-order chi connectivity index (χ1) is 7.41. The molecule has 0 aliphatic rings. The Bertz CT molecular complexity index is 541. The van der Waals surface area contributed by atoms with Crippen molar-refractivity contribution in [2.24, 2.45) is 0 Å². The van der Waals surface area contributed by atoms with Crippen molar-refractivity contribution in [3.8, 4) is 0 Å². The zero-order valence-corrected chi connectivity index (χ0v) is 12.7. The summed E-state index contributed by atoms with van der Waals surface area (Å²) in [4.78, 5) is 4.53. The standard InChI is InChI=1S/C13H13Br2N/c1-13(2,3)9-6-4-5-8-11(15)10(14)7-16-12(8)9/h4-7H,1-3H3. The first-order valence-electron chi connectivity index (χ1n) is 5.14. The maximum atomic E-state index is 4.53. The summed E-state index contributed by atoms with van der Waals surface area (Å²) in [7, 11) is 0. The molecular formula is C13H13Br2N. The largest absolute Gasteiger partial charge is 0.255 e. The molecule has 0 saturated heterocycles. The van der Waals surface area contributed by atoms with Crippen molar-refractivity contribution >= 4 is 42.8 Å². The molecule has 84 valence electrons. The van der Waals surface area contributed by atoms with Gasteiger partial charge in [0.15, 0.2) is 0 Å². The molecule has 0 aliphatic carbocycles. The van der Waals surface area contributed by atoms with Gasteiger partial charge in [0.25, 0.3) is 0 Å². The maximum absolute atomic E-state index is 4.53. The van der Waals surface area contributed by atoms with E-state index in [9.17, 15) is 0 Å². The Morgan fingerprint density at radius 1 is 1.12 bits per heavy atom. The minimum Gasteiger partial charge on any atom is -0.255 e. The first kappa shape index (κ1) is 12.1. The molecule has 0 aliphatic heterocycles. The summed E-state index contributed by atoms with van der Waals surface area (Å²) < 4.78 is 2.06. The molecule has 0 bridgehead atoms. The number of pyridine rings is 1. The van der Waals surface area contributed by atoms with E-state index in [1.807, 2.05) is 6.20 Å². The topological polar surface area (TPSA) is 12.9 Å². The summed E-state index contributed by atoms with van der Waals surface area (Å²) in [5.41, 5.74) is 2.46. The van der Waals surface area contributed by atoms with Gasteiger partial charge in [-0.15, -0.1) is 0 Å². The van der Waals surface area contributed by atoms with Crippen LogP contribution in [0.1, 0.15) is 26.3 Å². The highest BCUT2D eigenvalue weighted by Gasteiger charge is 2.18. The Labute approximate surface area is 113 Å². The van der Waals surface area contributed by atoms with Crippen molar-refractivity contribution < 1.29 is 0 Å². The lowest BCUT2D eigenvalue weighted by atomic mass is 9.85. The van der Waals surface area contributed by atoms with Crippen LogP contribution in [-0.4, -0.2) is 4.98 Å². The van der Waals surface area contributed by atoms with Crippen LogP contribution < -0.4 is 0 Å². The zero-order chi connectivity index (χ0) is 11.9. The minimum absolute atomic E-state index is 0.111. The maximum Gasteiger partial charge on any atom is 0.0751 e. The van der Waals surface area contributed by atoms with Crippen molar-refractivity contribution in [1.29, 1.82) is 0 Å². The predicted molar refractivity (Wildman–Crippen MR) is 75.8 cm³/mol. The molecule has 0 radical (unpaired) electrons. The average molecular weight is 343 g/mol. The van der Waals surface area contributed by atoms with Gasteiger partial charge in [-0.1, -0.05) is 39.0 Å². The van der Waals surface area contributed by atoms with Gasteiger partial charge < -0.3 is 0 Å². The smallest absolute Gasteiger partial charge is 0.0751 e. The summed E-state index contributed by atoms with van der Waals surface area (Å²) in [6.07, 6.45) is 1.85. The lowest BCUT2D eigenvalue weighted by Crippen LogP contribution is -2.12. The van der Waals surface area contributed by atoms with E-state index < -0.39 is 0 Å². The highest BCUT2D eigenvalue weighted by Crippen LogP contribution is 2.35. The first-order valence-corrected chi connectivity index (χ1v) is 6.73. The Morgan fingerprint density at radius 2 is 1.81 bits per heavy atom. The van der Waals surface area contributed by atoms with Gasteiger partial charge in [-0.05, 0) is 42.8 Å². The van der Waals surface area contributed by atoms with Crippen molar-refractivity contribution in [3.05, 3.63) is 38.9 Å². The molecule has 0 amide bonds. The molecule has 16 heavy (non-hydrogen) atoms. The zero-order valence-electron chi connectivity index (χ0n) is 9.51. The van der Waals surface area contributed by atoms with Crippen LogP contribution in [-0.2, 0) is 5.41 Å². The molecule has 1 nitrogen and oxygen atoms in total. The number of benzene rings is 1. The van der Waals surface area contributed by atoms with Crippen LogP contribution in [0.2, 0.25) is 0 Å². The van der Waals surface area contributed by atoms with Crippen LogP contribution in [0.5, 0.6) is 0 Å². The van der Waals surface area contributed by atoms with Crippen LogP contribution in [0.15, 0.2) is 33.3 Å². The van der Waals surface area contributed by atoms with Crippen LogP contribution in [0, 0.1) is 0 Å². The molecule has 2 rings (SSSR count). The number of para-hydroxylation sites is 1. The second kappa shape index (κ2) is 4.11. The summed E-state index contributed by atoms with van der Waals surface area (Å²) in [6, 6.07) is 6.32. The molecule has 0 fully saturated rings. The van der Waals surface area contributed by atoms with E-state index in [1.54, 1.807) is 0 Å². The molecule has 0 unspecified atom stereocenters. The predicted octanol–water partition coefficient (Wildman–Crippen LogP) is 5.06. The van der Waals surface area contributed by atoms with Gasteiger partial charge in [-0.2, -0.15) is 0 Å². The number of hydrogen-bond acceptors (Lipinski definition) is 1. The van der Waals surface area contributed by atoms with Gasteiger partial charge in [-0.3, -0.25) is 4.98 Å². The molecule has 0 atom stereocenters. The third-order valence-corrected chi connectivity index (χ3v) is 4.58. The highest BCUT2D eigenvalue weighted by molar-refractivity contribution is 9.13. The number of halogens is 2. The fourth-order valence-electron chi connectivity index (χ4n) is 1.77. The van der Waals surface area contributed by atoms with Crippen molar-refractivity contribution in [2.75, 3.05) is 0 Å². The quantitative estimate of drug-likeness (QED) is 0.652. The van der Waals surface area contributed by atoms with Gasteiger partial charge in [0, 0.05) is 16.1 Å². The van der Waals surface area contributed by atoms with E-state index in [-0.39, 0.29) is 5.41 Å². The molecule has 3 heteroatoms. The average Bonchev–Trinajstić information content (AvgIpc) is 2.21. The van der Waals surface area contributed by atoms with Crippen molar-refractivity contribution in [1.82, 2.24) is 4.98 Å². The van der Waals surface area contributed by atoms with E-state index in [4.69, 9.17) is 0 Å². The highest BCUT2D eigenvalue weighted by atomic mass is 79.9. The van der Waals surface area contributed by atoms with Gasteiger partial charge >= 0.3 is 0 Å². The fraction of sp³-hybridized carbons (Fsp3) is 0.308. The number of fused-ring (bicyclic) bond motifs is 1. The molecular weight excluding hydrogens is 330 g/mol. The second-order valence-corrected chi connectivity index (χ2v) is 6.52. The van der Waals surface area contributed by atoms with E-state index in [2.05, 4.69) is 75.8 Å². The van der Waals surface area contributed by atoms with Crippen LogP contribution in [0.4, 0.5) is 0 Å². The van der Waals surface area contributed by atoms with Crippen molar-refractivity contribution in [3.63, 3.8) is 0 Å². The fourth-order valence-corrected chi connectivity index (χ4v) is 2.51. The molecule has 1 heterocycles. The molecule has 1 aromatic carbocycles. The van der Waals surface area contributed by atoms with Crippen LogP contribution in [0.25, 0.3) is 10.9 Å². The number of aromatic nitrogens is 1. The van der Waals surface area contributed by atoms with Gasteiger partial charge in [0.2, 0.25) is 0 Å². The van der Waals surface area contributed by atoms with Crippen molar-refractivity contribution in [2.45, 2.75) is 26.2 Å². The Kier molecular flexibility index (Phi) is 3.10. The summed E-state index contributed by atoms with van der Waals surface area (Å²) in [5, 5.41) is 1.15. The normalized spacial score (nSPS) is 12.1. The molecule has 0 spiro atoms. The Morgan fingerprint density at radius 3 is 2.44 bits per heavy atom. The minimum atomic E-state index is 0.111. The van der Waals surface area contributed by atoms with Gasteiger partial charge in [0.1, 0.15) is 0 Å². The monoisotopic (exact) mass is 341 g/mol. The molecule has 1 aromatic heterocycles. The Balaban J connectivity index is 2.85. The van der Waals surface area contributed by atoms with E-state index >= 15 is 0 Å². The second-order valence-electron chi connectivity index (χ2n) is 4.87. The summed E-state index contributed by atoms with van der Waals surface area (Å²) in [5.74, 6) is 0. The van der Waals surface area contributed by atoms with E-state index in [0.29, 0.717) is 0 Å². The van der Waals surface area contributed by atoms with Gasteiger partial charge in [0.05, 0.1) is 9.99 Å². The number of nitrogens with zero attached hydrogens (tertiary/aromatic N) is 1. The lowest BCUT2D eigenvalue weighted by Gasteiger charge is -2.20. The SMILES string of the molecule is CC(C)(C)c1cccc2c(Br)c(Br)cnc12. The third-order valence-electron chi connectivity index (χ3n) is 2.60. The van der Waals surface area contributed by atoms with Crippen LogP contribution >= 0.6 is 31.9 Å². The lowest BCUT2D eigenvalue weighted by molar-refractivity contribution is 0.594. The summed E-state index contributed by atoms with van der Waals surface area (Å²) >= 11 is 7.08. The van der Waals surface area contributed by atoms with E-state index in [1.165, 1.54) is 5.56 Å². The van der Waals surface area contributed by atoms with Gasteiger partial charge in [-0.25, -0.2) is 0 Å². The number of hydrogen-bond donors (Lipinski definition) is 0. The molecule has 0 N–H and O–H groups in total. The summed E-state index contributed by atoms with van der Waals surface area (Å²) in [6.45, 7) is 6.62.